The van der Waals surface area contributed by atoms with Gasteiger partial charge in [-0.1, -0.05) is 0 Å². The first kappa shape index (κ1) is 14.1. The van der Waals surface area contributed by atoms with Crippen LogP contribution >= 0.6 is 0 Å². The number of hydrogen-bond donors (Lipinski definition) is 1. The Morgan fingerprint density at radius 2 is 1.95 bits per heavy atom. The Labute approximate surface area is 117 Å². The number of halogens is 1. The number of hydrogen-bond acceptors (Lipinski definition) is 4. The summed E-state index contributed by atoms with van der Waals surface area (Å²) in [4.78, 5) is 4.39. The normalized spacial score (nSPS) is 10.2. The number of rotatable bonds is 5. The molecule has 0 aliphatic rings. The number of anilines is 1. The lowest BCUT2D eigenvalue weighted by Gasteiger charge is -2.09. The van der Waals surface area contributed by atoms with E-state index in [4.69, 9.17) is 9.47 Å². The summed E-state index contributed by atoms with van der Waals surface area (Å²) in [7, 11) is 3.05. The summed E-state index contributed by atoms with van der Waals surface area (Å²) >= 11 is 0. The van der Waals surface area contributed by atoms with E-state index >= 15 is 0 Å². The van der Waals surface area contributed by atoms with Crippen LogP contribution in [0.5, 0.6) is 11.5 Å². The fourth-order valence-electron chi connectivity index (χ4n) is 1.88. The number of ether oxygens (including phenoxy) is 2. The van der Waals surface area contributed by atoms with Gasteiger partial charge in [0.15, 0.2) is 11.6 Å². The van der Waals surface area contributed by atoms with Gasteiger partial charge in [0, 0.05) is 29.6 Å². The smallest absolute Gasteiger partial charge is 0.167 e. The minimum Gasteiger partial charge on any atom is -0.497 e. The summed E-state index contributed by atoms with van der Waals surface area (Å²) in [5.74, 6) is 0.591. The van der Waals surface area contributed by atoms with Crippen molar-refractivity contribution in [2.45, 2.75) is 13.5 Å². The molecular formula is C15H17FN2O2. The first-order chi connectivity index (χ1) is 9.62. The molecule has 0 fully saturated rings. The minimum absolute atomic E-state index is 0.228. The van der Waals surface area contributed by atoms with Gasteiger partial charge in [-0.2, -0.15) is 0 Å². The van der Waals surface area contributed by atoms with E-state index in [-0.39, 0.29) is 5.75 Å². The summed E-state index contributed by atoms with van der Waals surface area (Å²) < 4.78 is 23.6. The molecule has 0 aliphatic carbocycles. The van der Waals surface area contributed by atoms with E-state index < -0.39 is 5.82 Å². The van der Waals surface area contributed by atoms with E-state index in [1.807, 2.05) is 19.1 Å². The predicted octanol–water partition coefficient (Wildman–Crippen LogP) is 3.16. The zero-order chi connectivity index (χ0) is 14.5. The van der Waals surface area contributed by atoms with Crippen molar-refractivity contribution in [1.82, 2.24) is 4.98 Å². The average molecular weight is 276 g/mol. The second kappa shape index (κ2) is 6.23. The molecule has 0 aliphatic heterocycles. The van der Waals surface area contributed by atoms with Crippen LogP contribution in [-0.4, -0.2) is 19.2 Å². The van der Waals surface area contributed by atoms with Crippen molar-refractivity contribution in [2.75, 3.05) is 19.5 Å². The van der Waals surface area contributed by atoms with E-state index in [1.54, 1.807) is 19.2 Å². The Balaban J connectivity index is 2.08. The van der Waals surface area contributed by atoms with Crippen LogP contribution in [0.1, 0.15) is 11.4 Å². The Morgan fingerprint density at radius 3 is 2.60 bits per heavy atom. The Hall–Kier alpha value is -2.30. The van der Waals surface area contributed by atoms with Crippen LogP contribution in [0, 0.1) is 12.7 Å². The molecule has 0 unspecified atom stereocenters. The van der Waals surface area contributed by atoms with E-state index in [2.05, 4.69) is 10.3 Å². The second-order valence-corrected chi connectivity index (χ2v) is 4.34. The average Bonchev–Trinajstić information content (AvgIpc) is 2.44. The molecule has 20 heavy (non-hydrogen) atoms. The molecule has 1 N–H and O–H groups in total. The van der Waals surface area contributed by atoms with Crippen LogP contribution in [0.2, 0.25) is 0 Å². The molecule has 0 spiro atoms. The van der Waals surface area contributed by atoms with Gasteiger partial charge in [-0.25, -0.2) is 4.39 Å². The fraction of sp³-hybridized carbons (Fsp3) is 0.267. The number of benzene rings is 1. The lowest BCUT2D eigenvalue weighted by atomic mass is 10.2. The van der Waals surface area contributed by atoms with Gasteiger partial charge in [-0.05, 0) is 19.1 Å². The standard InChI is InChI=1S/C15H17FN2O2/c1-10-6-13(19-2)7-12(18-10)9-17-11-4-5-15(20-3)14(16)8-11/h4-8,17H,9H2,1-3H3. The molecule has 0 saturated carbocycles. The van der Waals surface area contributed by atoms with Gasteiger partial charge in [0.2, 0.25) is 0 Å². The molecule has 0 atom stereocenters. The maximum absolute atomic E-state index is 13.6. The van der Waals surface area contributed by atoms with Gasteiger partial charge >= 0.3 is 0 Å². The van der Waals surface area contributed by atoms with Gasteiger partial charge in [-0.3, -0.25) is 4.98 Å². The number of aromatic nitrogens is 1. The highest BCUT2D eigenvalue weighted by Crippen LogP contribution is 2.21. The first-order valence-electron chi connectivity index (χ1n) is 6.21. The molecule has 1 aromatic heterocycles. The molecule has 1 heterocycles. The number of aryl methyl sites for hydroxylation is 1. The summed E-state index contributed by atoms with van der Waals surface area (Å²) in [5.41, 5.74) is 2.38. The van der Waals surface area contributed by atoms with Crippen LogP contribution in [0.4, 0.5) is 10.1 Å². The summed E-state index contributed by atoms with van der Waals surface area (Å²) in [6.07, 6.45) is 0. The van der Waals surface area contributed by atoms with Crippen molar-refractivity contribution in [3.63, 3.8) is 0 Å². The molecule has 0 bridgehead atoms. The molecule has 4 nitrogen and oxygen atoms in total. The molecule has 2 aromatic rings. The van der Waals surface area contributed by atoms with E-state index in [0.29, 0.717) is 12.2 Å². The highest BCUT2D eigenvalue weighted by atomic mass is 19.1. The maximum Gasteiger partial charge on any atom is 0.167 e. The highest BCUT2D eigenvalue weighted by Gasteiger charge is 2.04. The third kappa shape index (κ3) is 3.38. The molecule has 0 saturated heterocycles. The zero-order valence-corrected chi connectivity index (χ0v) is 11.7. The Morgan fingerprint density at radius 1 is 1.15 bits per heavy atom. The van der Waals surface area contributed by atoms with Crippen molar-refractivity contribution in [3.8, 4) is 11.5 Å². The minimum atomic E-state index is -0.396. The van der Waals surface area contributed by atoms with Crippen molar-refractivity contribution >= 4 is 5.69 Å². The number of nitrogens with one attached hydrogen (secondary N) is 1. The summed E-state index contributed by atoms with van der Waals surface area (Å²) in [6, 6.07) is 8.44. The van der Waals surface area contributed by atoms with Crippen LogP contribution in [0.15, 0.2) is 30.3 Å². The quantitative estimate of drug-likeness (QED) is 0.911. The zero-order valence-electron chi connectivity index (χ0n) is 11.7. The lowest BCUT2D eigenvalue weighted by Crippen LogP contribution is -2.03. The second-order valence-electron chi connectivity index (χ2n) is 4.34. The Bertz CT molecular complexity index is 602. The van der Waals surface area contributed by atoms with Gasteiger partial charge in [0.25, 0.3) is 0 Å². The fourth-order valence-corrected chi connectivity index (χ4v) is 1.88. The predicted molar refractivity (Wildman–Crippen MR) is 75.8 cm³/mol. The molecule has 106 valence electrons. The van der Waals surface area contributed by atoms with Crippen molar-refractivity contribution < 1.29 is 13.9 Å². The SMILES string of the molecule is COc1cc(C)nc(CNc2ccc(OC)c(F)c2)c1. The molecule has 0 amide bonds. The van der Waals surface area contributed by atoms with Gasteiger partial charge in [0.05, 0.1) is 26.5 Å². The van der Waals surface area contributed by atoms with E-state index in [9.17, 15) is 4.39 Å². The molecule has 2 rings (SSSR count). The molecular weight excluding hydrogens is 259 g/mol. The van der Waals surface area contributed by atoms with Crippen molar-refractivity contribution in [3.05, 3.63) is 47.5 Å². The molecule has 0 radical (unpaired) electrons. The highest BCUT2D eigenvalue weighted by molar-refractivity contribution is 5.47. The molecule has 5 heteroatoms. The Kier molecular flexibility index (Phi) is 4.40. The van der Waals surface area contributed by atoms with Crippen LogP contribution in [0.25, 0.3) is 0 Å². The number of nitrogens with zero attached hydrogens (tertiary/aromatic N) is 1. The number of pyridine rings is 1. The summed E-state index contributed by atoms with van der Waals surface area (Å²) in [5, 5.41) is 3.12. The molecule has 1 aromatic carbocycles. The lowest BCUT2D eigenvalue weighted by molar-refractivity contribution is 0.386. The number of methoxy groups -OCH3 is 2. The van der Waals surface area contributed by atoms with Gasteiger partial charge in [0.1, 0.15) is 5.75 Å². The van der Waals surface area contributed by atoms with Crippen molar-refractivity contribution in [1.29, 1.82) is 0 Å². The van der Waals surface area contributed by atoms with Gasteiger partial charge < -0.3 is 14.8 Å². The van der Waals surface area contributed by atoms with Crippen LogP contribution in [0.3, 0.4) is 0 Å². The van der Waals surface area contributed by atoms with Crippen LogP contribution in [-0.2, 0) is 6.54 Å². The van der Waals surface area contributed by atoms with E-state index in [0.717, 1.165) is 17.1 Å². The third-order valence-electron chi connectivity index (χ3n) is 2.84. The monoisotopic (exact) mass is 276 g/mol. The summed E-state index contributed by atoms with van der Waals surface area (Å²) in [6.45, 7) is 2.39. The first-order valence-corrected chi connectivity index (χ1v) is 6.21. The third-order valence-corrected chi connectivity index (χ3v) is 2.84. The van der Waals surface area contributed by atoms with Crippen molar-refractivity contribution in [2.24, 2.45) is 0 Å². The van der Waals surface area contributed by atoms with Crippen LogP contribution < -0.4 is 14.8 Å². The van der Waals surface area contributed by atoms with Gasteiger partial charge in [-0.15, -0.1) is 0 Å². The van der Waals surface area contributed by atoms with E-state index in [1.165, 1.54) is 13.2 Å². The largest absolute Gasteiger partial charge is 0.497 e. The maximum atomic E-state index is 13.6. The topological polar surface area (TPSA) is 43.4 Å².